The predicted octanol–water partition coefficient (Wildman–Crippen LogP) is 2.55. The molecule has 0 fully saturated rings. The molecule has 2 aromatic rings. The Hall–Kier alpha value is -2.46. The van der Waals surface area contributed by atoms with Crippen molar-refractivity contribution in [1.82, 2.24) is 0 Å². The van der Waals surface area contributed by atoms with Gasteiger partial charge < -0.3 is 4.74 Å². The number of ether oxygens (including phenoxy) is 1. The van der Waals surface area contributed by atoms with Crippen molar-refractivity contribution in [3.63, 3.8) is 0 Å². The maximum absolute atomic E-state index is 12.5. The van der Waals surface area contributed by atoms with Gasteiger partial charge in [-0.25, -0.2) is 13.2 Å². The Labute approximate surface area is 135 Å². The topological polar surface area (TPSA) is 116 Å². The number of anilines is 1. The summed E-state index contributed by atoms with van der Waals surface area (Å²) >= 11 is 1.02. The molecule has 0 saturated carbocycles. The van der Waals surface area contributed by atoms with Gasteiger partial charge in [0.05, 0.1) is 22.6 Å². The molecule has 0 atom stereocenters. The zero-order valence-electron chi connectivity index (χ0n) is 12.1. The smallest absolute Gasteiger partial charge is 0.350 e. The Bertz CT molecular complexity index is 872. The second-order valence-corrected chi connectivity index (χ2v) is 7.03. The lowest BCUT2D eigenvalue weighted by Gasteiger charge is -2.10. The van der Waals surface area contributed by atoms with Gasteiger partial charge >= 0.3 is 5.97 Å². The highest BCUT2D eigenvalue weighted by molar-refractivity contribution is 7.92. The van der Waals surface area contributed by atoms with Crippen LogP contribution in [0.1, 0.15) is 15.2 Å². The fourth-order valence-electron chi connectivity index (χ4n) is 1.83. The molecular formula is C13H12N2O6S2. The molecule has 0 radical (unpaired) electrons. The third-order valence-electron chi connectivity index (χ3n) is 2.95. The van der Waals surface area contributed by atoms with Crippen molar-refractivity contribution in [2.45, 2.75) is 11.8 Å². The van der Waals surface area contributed by atoms with Crippen LogP contribution in [-0.4, -0.2) is 26.4 Å². The average Bonchev–Trinajstić information content (AvgIpc) is 2.93. The number of esters is 1. The highest BCUT2D eigenvalue weighted by atomic mass is 32.2. The Morgan fingerprint density at radius 3 is 2.65 bits per heavy atom. The van der Waals surface area contributed by atoms with Crippen LogP contribution < -0.4 is 4.72 Å². The number of nitro groups is 1. The van der Waals surface area contributed by atoms with Crippen LogP contribution in [-0.2, 0) is 14.8 Å². The van der Waals surface area contributed by atoms with Gasteiger partial charge in [0.25, 0.3) is 15.7 Å². The maximum Gasteiger partial charge on any atom is 0.350 e. The summed E-state index contributed by atoms with van der Waals surface area (Å²) in [4.78, 5) is 21.6. The van der Waals surface area contributed by atoms with E-state index in [1.165, 1.54) is 37.6 Å². The number of methoxy groups -OCH3 is 1. The number of nitrogens with one attached hydrogen (secondary N) is 1. The van der Waals surface area contributed by atoms with Crippen LogP contribution in [0.4, 0.5) is 11.4 Å². The van der Waals surface area contributed by atoms with E-state index in [9.17, 15) is 23.3 Å². The molecule has 1 heterocycles. The van der Waals surface area contributed by atoms with Crippen molar-refractivity contribution in [2.75, 3.05) is 11.8 Å². The Morgan fingerprint density at radius 2 is 2.04 bits per heavy atom. The molecule has 0 saturated heterocycles. The number of nitrogens with zero attached hydrogens (tertiary/aromatic N) is 1. The standard InChI is InChI=1S/C13H12N2O6S2/c1-8-3-4-9(15(17)18)7-11(8)23(19,20)14-10-5-6-22-12(10)13(16)21-2/h3-7,14H,1-2H3. The number of carbonyl (C=O) groups is 1. The predicted molar refractivity (Wildman–Crippen MR) is 84.3 cm³/mol. The first kappa shape index (κ1) is 16.9. The molecule has 1 aromatic heterocycles. The summed E-state index contributed by atoms with van der Waals surface area (Å²) in [7, 11) is -2.90. The zero-order chi connectivity index (χ0) is 17.2. The fourth-order valence-corrected chi connectivity index (χ4v) is 4.00. The van der Waals surface area contributed by atoms with E-state index in [4.69, 9.17) is 0 Å². The van der Waals surface area contributed by atoms with E-state index in [1.807, 2.05) is 0 Å². The molecule has 0 amide bonds. The lowest BCUT2D eigenvalue weighted by Crippen LogP contribution is -2.16. The van der Waals surface area contributed by atoms with E-state index in [2.05, 4.69) is 9.46 Å². The van der Waals surface area contributed by atoms with Crippen molar-refractivity contribution in [3.05, 3.63) is 50.2 Å². The number of carbonyl (C=O) groups excluding carboxylic acids is 1. The number of thiophene rings is 1. The molecule has 0 unspecified atom stereocenters. The highest BCUT2D eigenvalue weighted by Gasteiger charge is 2.23. The number of hydrogen-bond acceptors (Lipinski definition) is 7. The Kier molecular flexibility index (Phi) is 4.66. The van der Waals surface area contributed by atoms with Gasteiger partial charge in [0.15, 0.2) is 0 Å². The first-order valence-corrected chi connectivity index (χ1v) is 8.56. The van der Waals surface area contributed by atoms with Crippen molar-refractivity contribution in [3.8, 4) is 0 Å². The van der Waals surface area contributed by atoms with Gasteiger partial charge in [-0.1, -0.05) is 6.07 Å². The van der Waals surface area contributed by atoms with Gasteiger partial charge in [-0.3, -0.25) is 14.8 Å². The molecule has 0 spiro atoms. The number of nitro benzene ring substituents is 1. The quantitative estimate of drug-likeness (QED) is 0.500. The molecule has 2 rings (SSSR count). The number of aryl methyl sites for hydroxylation is 1. The van der Waals surface area contributed by atoms with Crippen LogP contribution in [0, 0.1) is 17.0 Å². The molecule has 0 bridgehead atoms. The summed E-state index contributed by atoms with van der Waals surface area (Å²) in [5, 5.41) is 12.4. The van der Waals surface area contributed by atoms with Gasteiger partial charge in [0.2, 0.25) is 0 Å². The van der Waals surface area contributed by atoms with Gasteiger partial charge in [0, 0.05) is 12.1 Å². The van der Waals surface area contributed by atoms with E-state index >= 15 is 0 Å². The van der Waals surface area contributed by atoms with Crippen LogP contribution in [0.5, 0.6) is 0 Å². The minimum absolute atomic E-state index is 0.0627. The second-order valence-electron chi connectivity index (χ2n) is 4.47. The normalized spacial score (nSPS) is 11.0. The fraction of sp³-hybridized carbons (Fsp3) is 0.154. The average molecular weight is 356 g/mol. The summed E-state index contributed by atoms with van der Waals surface area (Å²) in [5.74, 6) is -0.673. The summed E-state index contributed by atoms with van der Waals surface area (Å²) < 4.78 is 31.8. The molecule has 8 nitrogen and oxygen atoms in total. The number of rotatable bonds is 5. The molecule has 0 aliphatic carbocycles. The summed E-state index contributed by atoms with van der Waals surface area (Å²) in [6, 6.07) is 4.96. The number of non-ortho nitro benzene ring substituents is 1. The van der Waals surface area contributed by atoms with Crippen LogP contribution >= 0.6 is 11.3 Å². The minimum atomic E-state index is -4.09. The summed E-state index contributed by atoms with van der Waals surface area (Å²) in [6.45, 7) is 1.52. The molecule has 122 valence electrons. The van der Waals surface area contributed by atoms with E-state index < -0.39 is 20.9 Å². The van der Waals surface area contributed by atoms with E-state index in [1.54, 1.807) is 0 Å². The Morgan fingerprint density at radius 1 is 1.35 bits per heavy atom. The molecule has 1 aromatic carbocycles. The minimum Gasteiger partial charge on any atom is -0.465 e. The SMILES string of the molecule is COC(=O)c1sccc1NS(=O)(=O)c1cc([N+](=O)[O-])ccc1C. The van der Waals surface area contributed by atoms with E-state index in [-0.39, 0.29) is 21.1 Å². The summed E-state index contributed by atoms with van der Waals surface area (Å²) in [6.07, 6.45) is 0. The molecule has 1 N–H and O–H groups in total. The lowest BCUT2D eigenvalue weighted by molar-refractivity contribution is -0.385. The number of benzene rings is 1. The first-order chi connectivity index (χ1) is 10.8. The zero-order valence-corrected chi connectivity index (χ0v) is 13.7. The molecule has 0 aliphatic heterocycles. The Balaban J connectivity index is 2.44. The second kappa shape index (κ2) is 6.34. The third kappa shape index (κ3) is 3.48. The van der Waals surface area contributed by atoms with Gasteiger partial charge in [-0.15, -0.1) is 11.3 Å². The molecule has 0 aliphatic rings. The molecule has 10 heteroatoms. The van der Waals surface area contributed by atoms with Gasteiger partial charge in [-0.05, 0) is 23.9 Å². The summed E-state index contributed by atoms with van der Waals surface area (Å²) in [5.41, 5.74) is 0.0696. The van der Waals surface area contributed by atoms with Gasteiger partial charge in [-0.2, -0.15) is 0 Å². The van der Waals surface area contributed by atoms with Crippen LogP contribution in [0.3, 0.4) is 0 Å². The molecule has 23 heavy (non-hydrogen) atoms. The number of hydrogen-bond donors (Lipinski definition) is 1. The van der Waals surface area contributed by atoms with Crippen LogP contribution in [0.2, 0.25) is 0 Å². The maximum atomic E-state index is 12.5. The third-order valence-corrected chi connectivity index (χ3v) is 5.35. The largest absolute Gasteiger partial charge is 0.465 e. The van der Waals surface area contributed by atoms with Crippen molar-refractivity contribution in [1.29, 1.82) is 0 Å². The van der Waals surface area contributed by atoms with Crippen molar-refractivity contribution in [2.24, 2.45) is 0 Å². The van der Waals surface area contributed by atoms with E-state index in [0.29, 0.717) is 5.56 Å². The first-order valence-electron chi connectivity index (χ1n) is 6.20. The van der Waals surface area contributed by atoms with Crippen molar-refractivity contribution < 1.29 is 22.9 Å². The monoisotopic (exact) mass is 356 g/mol. The number of sulfonamides is 1. The van der Waals surface area contributed by atoms with Crippen LogP contribution in [0.15, 0.2) is 34.5 Å². The highest BCUT2D eigenvalue weighted by Crippen LogP contribution is 2.28. The van der Waals surface area contributed by atoms with Gasteiger partial charge in [0.1, 0.15) is 4.88 Å². The van der Waals surface area contributed by atoms with Crippen molar-refractivity contribution >= 4 is 38.7 Å². The molecular weight excluding hydrogens is 344 g/mol. The lowest BCUT2D eigenvalue weighted by atomic mass is 10.2. The van der Waals surface area contributed by atoms with Crippen LogP contribution in [0.25, 0.3) is 0 Å². The van der Waals surface area contributed by atoms with E-state index in [0.717, 1.165) is 17.4 Å².